The number of halogens is 3. The molecule has 5 N–H and O–H groups in total. The highest BCUT2D eigenvalue weighted by Crippen LogP contribution is 2.46. The molecular weight excluding hydrogens is 569 g/mol. The lowest BCUT2D eigenvalue weighted by atomic mass is 9.98. The molecule has 2 aromatic rings. The molecule has 1 saturated heterocycles. The van der Waals surface area contributed by atoms with E-state index in [-0.39, 0.29) is 38.3 Å². The Labute approximate surface area is 245 Å². The summed E-state index contributed by atoms with van der Waals surface area (Å²) in [5, 5.41) is 36.5. The highest BCUT2D eigenvalue weighted by atomic mass is 19.4. The molecule has 0 aromatic heterocycles. The maximum absolute atomic E-state index is 13.6. The van der Waals surface area contributed by atoms with Gasteiger partial charge in [-0.1, -0.05) is 42.5 Å². The van der Waals surface area contributed by atoms with Crippen molar-refractivity contribution in [3.63, 3.8) is 0 Å². The predicted octanol–water partition coefficient (Wildman–Crippen LogP) is 2.63. The van der Waals surface area contributed by atoms with Crippen molar-refractivity contribution in [3.8, 4) is 0 Å². The van der Waals surface area contributed by atoms with Crippen molar-refractivity contribution in [1.29, 1.82) is 0 Å². The summed E-state index contributed by atoms with van der Waals surface area (Å²) in [5.41, 5.74) is -0.0743. The van der Waals surface area contributed by atoms with Gasteiger partial charge < -0.3 is 35.8 Å². The molecule has 0 radical (unpaired) electrons. The van der Waals surface area contributed by atoms with Crippen molar-refractivity contribution in [2.75, 3.05) is 26.2 Å². The number of nitrogens with zero attached hydrogens (tertiary/aromatic N) is 2. The zero-order chi connectivity index (χ0) is 30.9. The lowest BCUT2D eigenvalue weighted by molar-refractivity contribution is -0.142. The van der Waals surface area contributed by atoms with Crippen LogP contribution in [0.25, 0.3) is 0 Å². The number of aliphatic hydroxyl groups is 1. The van der Waals surface area contributed by atoms with Crippen LogP contribution in [-0.2, 0) is 27.7 Å². The number of carboxylic acids is 1. The number of aliphatic hydroxyl groups excluding tert-OH is 1. The van der Waals surface area contributed by atoms with Gasteiger partial charge in [-0.05, 0) is 48.6 Å². The van der Waals surface area contributed by atoms with Crippen LogP contribution in [0.1, 0.15) is 29.5 Å². The van der Waals surface area contributed by atoms with Crippen molar-refractivity contribution in [2.24, 2.45) is 5.92 Å². The van der Waals surface area contributed by atoms with Crippen LogP contribution >= 0.6 is 0 Å². The number of amides is 2. The summed E-state index contributed by atoms with van der Waals surface area (Å²) in [7, 11) is 0. The molecule has 2 unspecified atom stereocenters. The molecule has 2 amide bonds. The molecule has 2 aromatic carbocycles. The van der Waals surface area contributed by atoms with Crippen LogP contribution in [0, 0.1) is 5.92 Å². The van der Waals surface area contributed by atoms with Crippen LogP contribution in [-0.4, -0.2) is 87.5 Å². The first kappa shape index (κ1) is 30.4. The van der Waals surface area contributed by atoms with Crippen LogP contribution < -0.4 is 10.6 Å². The van der Waals surface area contributed by atoms with E-state index in [1.807, 2.05) is 30.3 Å². The number of carboxylic acid groups (broad SMARTS) is 2. The Kier molecular flexibility index (Phi) is 8.39. The van der Waals surface area contributed by atoms with Crippen LogP contribution in [0.15, 0.2) is 66.4 Å². The SMILES string of the molecule is O=C(N[C@@H](Cc1ccccc1)[C@H](O)CNC1(c2cccc(C(F)(F)F)c2)CC1)C1=CC(C(=O)O)C2CN(C(=O)O)CCN12. The van der Waals surface area contributed by atoms with Gasteiger partial charge in [-0.2, -0.15) is 13.2 Å². The third-order valence-corrected chi connectivity index (χ3v) is 8.49. The van der Waals surface area contributed by atoms with E-state index in [1.165, 1.54) is 12.1 Å². The number of nitrogens with one attached hydrogen (secondary N) is 2. The third kappa shape index (κ3) is 6.62. The number of benzene rings is 2. The largest absolute Gasteiger partial charge is 0.481 e. The summed E-state index contributed by atoms with van der Waals surface area (Å²) < 4.78 is 39.9. The maximum Gasteiger partial charge on any atom is 0.416 e. The van der Waals surface area contributed by atoms with Crippen molar-refractivity contribution < 1.29 is 42.9 Å². The Hall–Kier alpha value is -4.10. The van der Waals surface area contributed by atoms with E-state index in [2.05, 4.69) is 10.6 Å². The van der Waals surface area contributed by atoms with Crippen molar-refractivity contribution in [3.05, 3.63) is 83.1 Å². The first-order valence-electron chi connectivity index (χ1n) is 14.0. The zero-order valence-electron chi connectivity index (χ0n) is 23.1. The molecule has 2 heterocycles. The van der Waals surface area contributed by atoms with Gasteiger partial charge in [0.15, 0.2) is 0 Å². The Morgan fingerprint density at radius 2 is 1.74 bits per heavy atom. The summed E-state index contributed by atoms with van der Waals surface area (Å²) in [6.45, 7) is 0.134. The number of aliphatic carboxylic acids is 1. The van der Waals surface area contributed by atoms with Crippen LogP contribution in [0.3, 0.4) is 0 Å². The molecule has 230 valence electrons. The molecule has 3 aliphatic rings. The minimum absolute atomic E-state index is 0.0231. The summed E-state index contributed by atoms with van der Waals surface area (Å²) in [6.07, 6.45) is -4.07. The summed E-state index contributed by atoms with van der Waals surface area (Å²) >= 11 is 0. The number of rotatable bonds is 10. The van der Waals surface area contributed by atoms with E-state index in [0.29, 0.717) is 18.4 Å². The van der Waals surface area contributed by atoms with Gasteiger partial charge in [-0.25, -0.2) is 4.79 Å². The normalized spacial score (nSPS) is 22.3. The molecule has 13 heteroatoms. The summed E-state index contributed by atoms with van der Waals surface area (Å²) in [5.74, 6) is -2.87. The molecule has 0 spiro atoms. The number of hydrogen-bond donors (Lipinski definition) is 5. The van der Waals surface area contributed by atoms with Crippen molar-refractivity contribution in [1.82, 2.24) is 20.4 Å². The van der Waals surface area contributed by atoms with E-state index in [4.69, 9.17) is 0 Å². The van der Waals surface area contributed by atoms with Gasteiger partial charge >= 0.3 is 18.2 Å². The van der Waals surface area contributed by atoms with Gasteiger partial charge in [0.1, 0.15) is 0 Å². The molecule has 0 bridgehead atoms. The minimum atomic E-state index is -4.48. The van der Waals surface area contributed by atoms with Gasteiger partial charge in [0.2, 0.25) is 0 Å². The Morgan fingerprint density at radius 1 is 1.02 bits per heavy atom. The van der Waals surface area contributed by atoms with Crippen molar-refractivity contribution in [2.45, 2.75) is 49.2 Å². The van der Waals surface area contributed by atoms with E-state index in [1.54, 1.807) is 11.0 Å². The number of alkyl halides is 3. The van der Waals surface area contributed by atoms with Crippen LogP contribution in [0.2, 0.25) is 0 Å². The predicted molar refractivity (Wildman–Crippen MR) is 148 cm³/mol. The van der Waals surface area contributed by atoms with Crippen molar-refractivity contribution >= 4 is 18.0 Å². The molecule has 2 fully saturated rings. The fourth-order valence-electron chi connectivity index (χ4n) is 5.93. The number of piperazine rings is 1. The average molecular weight is 603 g/mol. The van der Waals surface area contributed by atoms with Gasteiger partial charge in [-0.15, -0.1) is 0 Å². The second kappa shape index (κ2) is 11.9. The van der Waals surface area contributed by atoms with E-state index in [9.17, 15) is 42.9 Å². The first-order chi connectivity index (χ1) is 20.4. The maximum atomic E-state index is 13.6. The van der Waals surface area contributed by atoms with E-state index >= 15 is 0 Å². The van der Waals surface area contributed by atoms with Gasteiger partial charge in [-0.3, -0.25) is 9.59 Å². The Morgan fingerprint density at radius 3 is 2.37 bits per heavy atom. The van der Waals surface area contributed by atoms with E-state index in [0.717, 1.165) is 22.6 Å². The van der Waals surface area contributed by atoms with Crippen LogP contribution in [0.5, 0.6) is 0 Å². The lowest BCUT2D eigenvalue weighted by Gasteiger charge is -2.40. The first-order valence-corrected chi connectivity index (χ1v) is 14.0. The van der Waals surface area contributed by atoms with Crippen LogP contribution in [0.4, 0.5) is 18.0 Å². The third-order valence-electron chi connectivity index (χ3n) is 8.49. The topological polar surface area (TPSA) is 142 Å². The molecule has 43 heavy (non-hydrogen) atoms. The molecule has 2 aliphatic heterocycles. The second-order valence-corrected chi connectivity index (χ2v) is 11.3. The Bertz CT molecular complexity index is 1400. The van der Waals surface area contributed by atoms with Gasteiger partial charge in [0.05, 0.1) is 35.4 Å². The molecule has 1 saturated carbocycles. The fourth-order valence-corrected chi connectivity index (χ4v) is 5.93. The number of fused-ring (bicyclic) bond motifs is 1. The summed E-state index contributed by atoms with van der Waals surface area (Å²) in [4.78, 5) is 39.8. The number of hydrogen-bond acceptors (Lipinski definition) is 6. The highest BCUT2D eigenvalue weighted by molar-refractivity contribution is 5.95. The smallest absolute Gasteiger partial charge is 0.416 e. The average Bonchev–Trinajstić information content (AvgIpc) is 3.67. The summed E-state index contributed by atoms with van der Waals surface area (Å²) in [6, 6.07) is 12.7. The number of carbonyl (C=O) groups is 3. The molecule has 10 nitrogen and oxygen atoms in total. The quantitative estimate of drug-likeness (QED) is 0.280. The van der Waals surface area contributed by atoms with Gasteiger partial charge in [0, 0.05) is 31.7 Å². The lowest BCUT2D eigenvalue weighted by Crippen LogP contribution is -2.57. The fraction of sp³-hybridized carbons (Fsp3) is 0.433. The minimum Gasteiger partial charge on any atom is -0.481 e. The monoisotopic (exact) mass is 602 g/mol. The van der Waals surface area contributed by atoms with E-state index < -0.39 is 59.4 Å². The standard InChI is InChI=1S/C30H33F3N4O6/c31-30(32,33)20-8-4-7-19(14-20)29(9-10-29)34-16-25(38)22(13-18-5-2-1-3-6-18)35-26(39)23-15-21(27(40)41)24-17-36(28(42)43)11-12-37(23)24/h1-8,14-15,21-22,24-25,34,38H,9-13,16-17H2,(H,35,39)(H,40,41)(H,42,43)/t21?,22-,24?,25+/m0/s1. The molecule has 4 atom stereocenters. The molecule has 5 rings (SSSR count). The zero-order valence-corrected chi connectivity index (χ0v) is 23.1. The Balaban J connectivity index is 1.32. The van der Waals surface area contributed by atoms with Gasteiger partial charge in [0.25, 0.3) is 5.91 Å². The second-order valence-electron chi connectivity index (χ2n) is 11.3. The molecule has 1 aliphatic carbocycles. The number of carbonyl (C=O) groups excluding carboxylic acids is 1. The highest BCUT2D eigenvalue weighted by Gasteiger charge is 2.47. The molecular formula is C30H33F3N4O6.